The van der Waals surface area contributed by atoms with Crippen molar-refractivity contribution in [3.8, 4) is 6.07 Å². The lowest BCUT2D eigenvalue weighted by Crippen LogP contribution is -1.97. The van der Waals surface area contributed by atoms with Gasteiger partial charge in [-0.2, -0.15) is 5.26 Å². The van der Waals surface area contributed by atoms with E-state index < -0.39 is 0 Å². The van der Waals surface area contributed by atoms with Crippen LogP contribution in [0.25, 0.3) is 0 Å². The van der Waals surface area contributed by atoms with Gasteiger partial charge >= 0.3 is 0 Å². The van der Waals surface area contributed by atoms with Gasteiger partial charge in [0.1, 0.15) is 6.07 Å². The van der Waals surface area contributed by atoms with Gasteiger partial charge < -0.3 is 0 Å². The number of nitrogens with zero attached hydrogens (tertiary/aromatic N) is 2. The van der Waals surface area contributed by atoms with E-state index in [-0.39, 0.29) is 0 Å². The Morgan fingerprint density at radius 3 is 2.65 bits per heavy atom. The summed E-state index contributed by atoms with van der Waals surface area (Å²) < 4.78 is 0. The maximum atomic E-state index is 8.90. The minimum atomic E-state index is 0.364. The molecule has 3 heteroatoms. The summed E-state index contributed by atoms with van der Waals surface area (Å²) in [6.45, 7) is 4.11. The Kier molecular flexibility index (Phi) is 3.55. The van der Waals surface area contributed by atoms with Crippen molar-refractivity contribution in [3.05, 3.63) is 51.5 Å². The first-order chi connectivity index (χ1) is 8.20. The Bertz CT molecular complexity index is 537. The van der Waals surface area contributed by atoms with Crippen LogP contribution in [0.5, 0.6) is 0 Å². The minimum Gasteiger partial charge on any atom is -0.230 e. The molecule has 0 saturated heterocycles. The summed E-state index contributed by atoms with van der Waals surface area (Å²) in [5.74, 6) is 0.364. The molecule has 17 heavy (non-hydrogen) atoms. The third kappa shape index (κ3) is 2.72. The van der Waals surface area contributed by atoms with Gasteiger partial charge in [0, 0.05) is 10.8 Å². The highest BCUT2D eigenvalue weighted by atomic mass is 32.1. The van der Waals surface area contributed by atoms with Crippen molar-refractivity contribution in [2.75, 3.05) is 0 Å². The Balaban J connectivity index is 2.15. The van der Waals surface area contributed by atoms with E-state index in [0.29, 0.717) is 11.6 Å². The summed E-state index contributed by atoms with van der Waals surface area (Å²) >= 11 is 1.63. The van der Waals surface area contributed by atoms with Gasteiger partial charge in [-0.15, -0.1) is 11.3 Å². The lowest BCUT2D eigenvalue weighted by molar-refractivity contribution is 0.750. The fraction of sp³-hybridized carbons (Fsp3) is 0.286. The molecule has 86 valence electrons. The van der Waals surface area contributed by atoms with E-state index in [0.717, 1.165) is 16.3 Å². The van der Waals surface area contributed by atoms with E-state index in [9.17, 15) is 0 Å². The van der Waals surface area contributed by atoms with Crippen molar-refractivity contribution >= 4 is 11.3 Å². The predicted octanol–water partition coefficient (Wildman–Crippen LogP) is 3.67. The molecule has 1 aromatic carbocycles. The van der Waals surface area contributed by atoms with Crippen molar-refractivity contribution in [2.24, 2.45) is 0 Å². The molecule has 2 nitrogen and oxygen atoms in total. The Hall–Kier alpha value is -1.66. The average Bonchev–Trinajstić information content (AvgIpc) is 2.72. The van der Waals surface area contributed by atoms with Gasteiger partial charge in [-0.05, 0) is 18.9 Å². The quantitative estimate of drug-likeness (QED) is 0.823. The molecule has 2 aromatic rings. The number of hydrogen-bond acceptors (Lipinski definition) is 3. The van der Waals surface area contributed by atoms with E-state index in [1.165, 1.54) is 5.56 Å². The molecule has 0 aliphatic rings. The molecule has 2 rings (SSSR count). The minimum absolute atomic E-state index is 0.364. The van der Waals surface area contributed by atoms with Crippen LogP contribution in [-0.2, 0) is 6.42 Å². The van der Waals surface area contributed by atoms with Crippen LogP contribution in [0.1, 0.15) is 34.0 Å². The van der Waals surface area contributed by atoms with Gasteiger partial charge in [0.25, 0.3) is 0 Å². The molecular formula is C14H14N2S. The molecule has 0 amide bonds. The summed E-state index contributed by atoms with van der Waals surface area (Å²) in [5.41, 5.74) is 1.89. The Morgan fingerprint density at radius 2 is 2.06 bits per heavy atom. The molecule has 1 heterocycles. The van der Waals surface area contributed by atoms with Crippen molar-refractivity contribution in [1.29, 1.82) is 5.26 Å². The molecule has 0 radical (unpaired) electrons. The normalized spacial score (nSPS) is 12.1. The molecule has 1 unspecified atom stereocenters. The third-order valence-corrected chi connectivity index (χ3v) is 3.93. The van der Waals surface area contributed by atoms with Crippen molar-refractivity contribution in [2.45, 2.75) is 26.2 Å². The highest BCUT2D eigenvalue weighted by molar-refractivity contribution is 7.11. The molecule has 0 N–H and O–H groups in total. The number of aromatic nitrogens is 1. The topological polar surface area (TPSA) is 36.7 Å². The van der Waals surface area contributed by atoms with Crippen LogP contribution in [0.3, 0.4) is 0 Å². The van der Waals surface area contributed by atoms with Crippen LogP contribution in [0.4, 0.5) is 0 Å². The molecule has 0 fully saturated rings. The average molecular weight is 242 g/mol. The first-order valence-electron chi connectivity index (χ1n) is 5.62. The SMILES string of the molecule is Cc1sc(C(C)Cc2ccccc2)nc1C#N. The van der Waals surface area contributed by atoms with Gasteiger partial charge in [-0.1, -0.05) is 37.3 Å². The Labute approximate surface area is 106 Å². The van der Waals surface area contributed by atoms with Gasteiger partial charge in [0.05, 0.1) is 5.01 Å². The van der Waals surface area contributed by atoms with Crippen LogP contribution >= 0.6 is 11.3 Å². The first-order valence-corrected chi connectivity index (χ1v) is 6.43. The van der Waals surface area contributed by atoms with E-state index in [4.69, 9.17) is 5.26 Å². The van der Waals surface area contributed by atoms with Crippen LogP contribution in [-0.4, -0.2) is 4.98 Å². The van der Waals surface area contributed by atoms with Crippen LogP contribution in [0.15, 0.2) is 30.3 Å². The number of hydrogen-bond donors (Lipinski definition) is 0. The van der Waals surface area contributed by atoms with E-state index in [1.54, 1.807) is 11.3 Å². The van der Waals surface area contributed by atoms with E-state index >= 15 is 0 Å². The van der Waals surface area contributed by atoms with Gasteiger partial charge in [0.15, 0.2) is 5.69 Å². The zero-order valence-electron chi connectivity index (χ0n) is 9.97. The summed E-state index contributed by atoms with van der Waals surface area (Å²) in [4.78, 5) is 5.40. The van der Waals surface area contributed by atoms with Crippen molar-refractivity contribution in [1.82, 2.24) is 4.98 Å². The van der Waals surface area contributed by atoms with Gasteiger partial charge in [0.2, 0.25) is 0 Å². The van der Waals surface area contributed by atoms with Crippen molar-refractivity contribution in [3.63, 3.8) is 0 Å². The molecule has 1 atom stereocenters. The predicted molar refractivity (Wildman–Crippen MR) is 70.1 cm³/mol. The van der Waals surface area contributed by atoms with E-state index in [2.05, 4.69) is 42.2 Å². The number of thiazole rings is 1. The number of benzene rings is 1. The second-order valence-electron chi connectivity index (χ2n) is 4.16. The maximum absolute atomic E-state index is 8.90. The molecule has 0 aliphatic heterocycles. The maximum Gasteiger partial charge on any atom is 0.154 e. The third-order valence-electron chi connectivity index (χ3n) is 2.73. The number of aryl methyl sites for hydroxylation is 1. The van der Waals surface area contributed by atoms with Crippen LogP contribution in [0, 0.1) is 18.3 Å². The fourth-order valence-corrected chi connectivity index (χ4v) is 2.71. The van der Waals surface area contributed by atoms with E-state index in [1.807, 2.05) is 13.0 Å². The zero-order chi connectivity index (χ0) is 12.3. The lowest BCUT2D eigenvalue weighted by atomic mass is 10.0. The number of nitriles is 1. The van der Waals surface area contributed by atoms with Crippen LogP contribution < -0.4 is 0 Å². The Morgan fingerprint density at radius 1 is 1.35 bits per heavy atom. The number of rotatable bonds is 3. The summed E-state index contributed by atoms with van der Waals surface area (Å²) in [6, 6.07) is 12.5. The molecular weight excluding hydrogens is 228 g/mol. The molecule has 0 saturated carbocycles. The summed E-state index contributed by atoms with van der Waals surface area (Å²) in [5, 5.41) is 9.96. The van der Waals surface area contributed by atoms with Crippen LogP contribution in [0.2, 0.25) is 0 Å². The second-order valence-corrected chi connectivity index (χ2v) is 5.39. The highest BCUT2D eigenvalue weighted by Crippen LogP contribution is 2.26. The molecule has 1 aromatic heterocycles. The smallest absolute Gasteiger partial charge is 0.154 e. The molecule has 0 spiro atoms. The zero-order valence-corrected chi connectivity index (χ0v) is 10.8. The molecule has 0 bridgehead atoms. The molecule has 0 aliphatic carbocycles. The monoisotopic (exact) mass is 242 g/mol. The second kappa shape index (κ2) is 5.11. The highest BCUT2D eigenvalue weighted by Gasteiger charge is 2.13. The van der Waals surface area contributed by atoms with Gasteiger partial charge in [-0.3, -0.25) is 0 Å². The fourth-order valence-electron chi connectivity index (χ4n) is 1.79. The summed E-state index contributed by atoms with van der Waals surface area (Å²) in [7, 11) is 0. The van der Waals surface area contributed by atoms with Gasteiger partial charge in [-0.25, -0.2) is 4.98 Å². The standard InChI is InChI=1S/C14H14N2S/c1-10(8-12-6-4-3-5-7-12)14-16-13(9-15)11(2)17-14/h3-7,10H,8H2,1-2H3. The lowest BCUT2D eigenvalue weighted by Gasteiger charge is -2.07. The first kappa shape index (κ1) is 11.8. The summed E-state index contributed by atoms with van der Waals surface area (Å²) in [6.07, 6.45) is 0.971. The van der Waals surface area contributed by atoms with Crippen molar-refractivity contribution < 1.29 is 0 Å². The largest absolute Gasteiger partial charge is 0.230 e.